The summed E-state index contributed by atoms with van der Waals surface area (Å²) in [6.07, 6.45) is 6.18. The van der Waals surface area contributed by atoms with Crippen molar-refractivity contribution >= 4 is 24.0 Å². The van der Waals surface area contributed by atoms with Gasteiger partial charge in [-0.3, -0.25) is 0 Å². The molecule has 2 unspecified atom stereocenters. The van der Waals surface area contributed by atoms with Crippen molar-refractivity contribution in [2.75, 3.05) is 13.2 Å². The molecule has 156 valence electrons. The number of hydrogen-bond donors (Lipinski definition) is 0. The highest BCUT2D eigenvalue weighted by Crippen LogP contribution is 2.37. The fourth-order valence-corrected chi connectivity index (χ4v) is 4.34. The summed E-state index contributed by atoms with van der Waals surface area (Å²) in [5, 5.41) is 12.3. The lowest BCUT2D eigenvalue weighted by molar-refractivity contribution is 0.0492. The van der Waals surface area contributed by atoms with Gasteiger partial charge in [0.2, 0.25) is 0 Å². The third-order valence-corrected chi connectivity index (χ3v) is 5.98. The molecule has 0 saturated heterocycles. The number of carbonyl (C=O) groups is 1. The first-order valence-electron chi connectivity index (χ1n) is 10.6. The molecule has 5 nitrogen and oxygen atoms in total. The molecule has 0 fully saturated rings. The van der Waals surface area contributed by atoms with Gasteiger partial charge in [-0.15, -0.1) is 11.3 Å². The number of ether oxygens (including phenoxy) is 2. The summed E-state index contributed by atoms with van der Waals surface area (Å²) in [7, 11) is 0. The maximum Gasteiger partial charge on any atom is 0.357 e. The maximum atomic E-state index is 11.9. The molecule has 0 aliphatic heterocycles. The van der Waals surface area contributed by atoms with Crippen LogP contribution < -0.4 is 0 Å². The highest BCUT2D eigenvalue weighted by Gasteiger charge is 2.32. The van der Waals surface area contributed by atoms with Crippen molar-refractivity contribution in [3.05, 3.63) is 16.1 Å². The van der Waals surface area contributed by atoms with E-state index in [2.05, 4.69) is 31.7 Å². The van der Waals surface area contributed by atoms with Gasteiger partial charge in [-0.1, -0.05) is 52.8 Å². The predicted octanol–water partition coefficient (Wildman–Crippen LogP) is 5.95. The number of rotatable bonds is 14. The third-order valence-electron chi connectivity index (χ3n) is 5.04. The Bertz CT molecular complexity index is 615. The Balaban J connectivity index is 2.90. The minimum atomic E-state index is -0.397. The number of carbonyl (C=O) groups excluding carboxylic acids is 1. The van der Waals surface area contributed by atoms with Gasteiger partial charge in [-0.05, 0) is 32.0 Å². The van der Waals surface area contributed by atoms with Crippen molar-refractivity contribution in [1.82, 2.24) is 4.98 Å². The molecule has 0 aromatic carbocycles. The highest BCUT2D eigenvalue weighted by atomic mass is 32.1. The largest absolute Gasteiger partial charge is 0.461 e. The van der Waals surface area contributed by atoms with Gasteiger partial charge in [-0.25, -0.2) is 15.0 Å². The molecule has 2 atom stereocenters. The molecule has 1 heterocycles. The Morgan fingerprint density at radius 1 is 1.25 bits per heavy atom. The molecule has 0 spiro atoms. The van der Waals surface area contributed by atoms with Crippen molar-refractivity contribution in [1.29, 1.82) is 5.26 Å². The van der Waals surface area contributed by atoms with E-state index in [0.717, 1.165) is 24.2 Å². The molecular formula is C21H35BN2O3S. The molecule has 7 heteroatoms. The number of esters is 1. The van der Waals surface area contributed by atoms with E-state index in [9.17, 15) is 10.1 Å². The molecule has 0 N–H and O–H groups in total. The SMILES string of the molecule is CCCCCCB(C#N)C(CC(OCC)c1nc(C(=O)OCC)cs1)C(C)C. The maximum absolute atomic E-state index is 11.9. The van der Waals surface area contributed by atoms with Crippen LogP contribution in [0.2, 0.25) is 12.1 Å². The number of thiazole rings is 1. The monoisotopic (exact) mass is 406 g/mol. The van der Waals surface area contributed by atoms with Crippen molar-refractivity contribution in [2.24, 2.45) is 5.92 Å². The Hall–Kier alpha value is -1.39. The van der Waals surface area contributed by atoms with Gasteiger partial charge >= 0.3 is 5.97 Å². The van der Waals surface area contributed by atoms with Crippen LogP contribution in [0.1, 0.15) is 88.3 Å². The lowest BCUT2D eigenvalue weighted by Gasteiger charge is -2.27. The van der Waals surface area contributed by atoms with Crippen LogP contribution in [0.15, 0.2) is 5.38 Å². The van der Waals surface area contributed by atoms with E-state index in [1.165, 1.54) is 30.6 Å². The molecule has 0 aliphatic rings. The fourth-order valence-electron chi connectivity index (χ4n) is 3.49. The number of nitriles is 1. The predicted molar refractivity (Wildman–Crippen MR) is 116 cm³/mol. The summed E-state index contributed by atoms with van der Waals surface area (Å²) >= 11 is 1.43. The van der Waals surface area contributed by atoms with E-state index >= 15 is 0 Å². The van der Waals surface area contributed by atoms with Gasteiger partial charge in [-0.2, -0.15) is 0 Å². The van der Waals surface area contributed by atoms with E-state index in [4.69, 9.17) is 9.47 Å². The van der Waals surface area contributed by atoms with Crippen LogP contribution in [0.25, 0.3) is 0 Å². The second-order valence-corrected chi connectivity index (χ2v) is 8.35. The smallest absolute Gasteiger partial charge is 0.357 e. The number of nitrogens with zero attached hydrogens (tertiary/aromatic N) is 2. The van der Waals surface area contributed by atoms with E-state index in [-0.39, 0.29) is 18.6 Å². The van der Waals surface area contributed by atoms with Crippen LogP contribution in [0.4, 0.5) is 0 Å². The molecule has 1 aromatic heterocycles. The summed E-state index contributed by atoms with van der Waals surface area (Å²) in [6.45, 7) is 11.2. The second-order valence-electron chi connectivity index (χ2n) is 7.46. The third kappa shape index (κ3) is 7.93. The summed E-state index contributed by atoms with van der Waals surface area (Å²) in [5.74, 6) is 2.77. The highest BCUT2D eigenvalue weighted by molar-refractivity contribution is 7.09. The molecule has 0 aliphatic carbocycles. The number of aromatic nitrogens is 1. The van der Waals surface area contributed by atoms with Crippen LogP contribution >= 0.6 is 11.3 Å². The second kappa shape index (κ2) is 13.7. The van der Waals surface area contributed by atoms with E-state index in [1.807, 2.05) is 6.92 Å². The van der Waals surface area contributed by atoms with Crippen LogP contribution in [0.5, 0.6) is 0 Å². The molecule has 1 rings (SSSR count). The first kappa shape index (κ1) is 24.7. The Kier molecular flexibility index (Phi) is 12.1. The first-order chi connectivity index (χ1) is 13.5. The minimum absolute atomic E-state index is 0.0179. The topological polar surface area (TPSA) is 72.2 Å². The van der Waals surface area contributed by atoms with Gasteiger partial charge in [0.15, 0.2) is 5.69 Å². The summed E-state index contributed by atoms with van der Waals surface area (Å²) < 4.78 is 11.0. The number of hydrogen-bond acceptors (Lipinski definition) is 6. The van der Waals surface area contributed by atoms with Crippen molar-refractivity contribution in [3.63, 3.8) is 0 Å². The molecule has 0 radical (unpaired) electrons. The Morgan fingerprint density at radius 2 is 2.00 bits per heavy atom. The van der Waals surface area contributed by atoms with Crippen molar-refractivity contribution in [2.45, 2.75) is 85.0 Å². The van der Waals surface area contributed by atoms with E-state index < -0.39 is 5.97 Å². The minimum Gasteiger partial charge on any atom is -0.461 e. The molecule has 28 heavy (non-hydrogen) atoms. The zero-order valence-electron chi connectivity index (χ0n) is 18.1. The van der Waals surface area contributed by atoms with Gasteiger partial charge in [0.05, 0.1) is 6.61 Å². The normalized spacial score (nSPS) is 13.2. The Labute approximate surface area is 174 Å². The number of unbranched alkanes of at least 4 members (excludes halogenated alkanes) is 3. The zero-order valence-corrected chi connectivity index (χ0v) is 18.9. The van der Waals surface area contributed by atoms with Gasteiger partial charge in [0.25, 0.3) is 6.71 Å². The van der Waals surface area contributed by atoms with Crippen LogP contribution in [0.3, 0.4) is 0 Å². The van der Waals surface area contributed by atoms with Crippen molar-refractivity contribution < 1.29 is 14.3 Å². The summed E-state index contributed by atoms with van der Waals surface area (Å²) in [5.41, 5.74) is 0.337. The first-order valence-corrected chi connectivity index (χ1v) is 11.5. The molecule has 0 saturated carbocycles. The van der Waals surface area contributed by atoms with Crippen LogP contribution in [-0.2, 0) is 9.47 Å². The average molecular weight is 406 g/mol. The van der Waals surface area contributed by atoms with E-state index in [1.54, 1.807) is 12.3 Å². The summed E-state index contributed by atoms with van der Waals surface area (Å²) in [4.78, 5) is 16.4. The lowest BCUT2D eigenvalue weighted by atomic mass is 9.36. The van der Waals surface area contributed by atoms with Crippen LogP contribution in [-0.4, -0.2) is 30.9 Å². The Morgan fingerprint density at radius 3 is 2.57 bits per heavy atom. The standard InChI is InChI=1S/C21H35BN2O3S/c1-6-9-10-11-12-22(15-23)17(16(4)5)13-19(26-7-2)20-24-18(14-28-20)21(25)27-8-3/h14,16-17,19H,6-13H2,1-5H3. The zero-order chi connectivity index (χ0) is 20.9. The van der Waals surface area contributed by atoms with Gasteiger partial charge in [0.1, 0.15) is 11.1 Å². The lowest BCUT2D eigenvalue weighted by Crippen LogP contribution is -2.26. The molecule has 0 bridgehead atoms. The quantitative estimate of drug-likeness (QED) is 0.217. The fraction of sp³-hybridized carbons (Fsp3) is 0.762. The van der Waals surface area contributed by atoms with Gasteiger partial charge in [0, 0.05) is 18.0 Å². The summed E-state index contributed by atoms with van der Waals surface area (Å²) in [6, 6.07) is 0. The van der Waals surface area contributed by atoms with Gasteiger partial charge < -0.3 is 9.47 Å². The molecular weight excluding hydrogens is 371 g/mol. The molecule has 0 amide bonds. The van der Waals surface area contributed by atoms with E-state index in [0.29, 0.717) is 24.8 Å². The molecule has 1 aromatic rings. The average Bonchev–Trinajstić information content (AvgIpc) is 3.16. The van der Waals surface area contributed by atoms with Crippen LogP contribution in [0, 0.1) is 17.1 Å². The van der Waals surface area contributed by atoms with Crippen molar-refractivity contribution in [3.8, 4) is 5.97 Å².